The number of anilines is 1. The number of Topliss-reactive ketones (excluding diaryl/α,β-unsaturated/α-hetero) is 1. The molecule has 58 heavy (non-hydrogen) atoms. The second kappa shape index (κ2) is 16.9. The third-order valence-electron chi connectivity index (χ3n) is 11.0. The number of carbonyl (C=O) groups is 6. The van der Waals surface area contributed by atoms with Crippen LogP contribution in [0, 0.1) is 5.92 Å². The summed E-state index contributed by atoms with van der Waals surface area (Å²) in [5, 5.41) is 7.99. The average molecular weight is 791 g/mol. The summed E-state index contributed by atoms with van der Waals surface area (Å²) in [6.07, 6.45) is 4.79. The Morgan fingerprint density at radius 2 is 1.64 bits per heavy atom. The molecule has 0 unspecified atom stereocenters. The van der Waals surface area contributed by atoms with Crippen molar-refractivity contribution in [2.75, 3.05) is 32.2 Å². The molecule has 1 fully saturated rings. The van der Waals surface area contributed by atoms with Crippen LogP contribution in [0.5, 0.6) is 0 Å². The average Bonchev–Trinajstić information content (AvgIpc) is 4.00. The largest absolute Gasteiger partial charge is 0.453 e. The third-order valence-corrected chi connectivity index (χ3v) is 11.0. The first kappa shape index (κ1) is 39.6. The fraction of sp³-hybridized carbons (Fsp3) is 0.381. The van der Waals surface area contributed by atoms with E-state index in [1.54, 1.807) is 41.6 Å². The molecule has 1 saturated heterocycles. The van der Waals surface area contributed by atoms with Crippen LogP contribution >= 0.6 is 0 Å². The predicted molar refractivity (Wildman–Crippen MR) is 212 cm³/mol. The maximum absolute atomic E-state index is 13.7. The minimum Gasteiger partial charge on any atom is -0.453 e. The maximum atomic E-state index is 13.7. The second-order valence-electron chi connectivity index (χ2n) is 15.0. The van der Waals surface area contributed by atoms with Gasteiger partial charge >= 0.3 is 12.2 Å². The number of nitrogens with zero attached hydrogens (tertiary/aromatic N) is 4. The predicted octanol–water partition coefficient (Wildman–Crippen LogP) is 4.11. The molecule has 16 nitrogen and oxygen atoms in total. The molecule has 0 bridgehead atoms. The number of carbonyl (C=O) groups excluding carboxylic acids is 6. The molecule has 5 heterocycles. The van der Waals surface area contributed by atoms with Crippen LogP contribution in [-0.4, -0.2) is 101 Å². The molecule has 4 atom stereocenters. The van der Waals surface area contributed by atoms with Crippen molar-refractivity contribution < 1.29 is 38.2 Å². The first-order valence-electron chi connectivity index (χ1n) is 19.3. The number of hydrogen-bond acceptors (Lipinski definition) is 10. The number of amides is 5. The van der Waals surface area contributed by atoms with E-state index < -0.39 is 42.1 Å². The van der Waals surface area contributed by atoms with Gasteiger partial charge in [0, 0.05) is 35.9 Å². The molecule has 2 aromatic heterocycles. The summed E-state index contributed by atoms with van der Waals surface area (Å²) in [4.78, 5) is 93.7. The zero-order chi connectivity index (χ0) is 41.1. The zero-order valence-corrected chi connectivity index (χ0v) is 32.7. The molecule has 3 aliphatic rings. The topological polar surface area (TPSA) is 205 Å². The Morgan fingerprint density at radius 3 is 2.34 bits per heavy atom. The molecule has 302 valence electrons. The summed E-state index contributed by atoms with van der Waals surface area (Å²) in [5.74, 6) is -0.829. The van der Waals surface area contributed by atoms with Gasteiger partial charge in [-0.25, -0.2) is 14.6 Å². The summed E-state index contributed by atoms with van der Waals surface area (Å²) in [6, 6.07) is 13.7. The Kier molecular flexibility index (Phi) is 11.5. The second-order valence-corrected chi connectivity index (χ2v) is 15.0. The molecule has 0 saturated carbocycles. The number of pyridine rings is 1. The van der Waals surface area contributed by atoms with Gasteiger partial charge in [0.2, 0.25) is 17.7 Å². The van der Waals surface area contributed by atoms with Crippen LogP contribution in [0.15, 0.2) is 67.0 Å². The van der Waals surface area contributed by atoms with Gasteiger partial charge in [-0.05, 0) is 54.9 Å². The fourth-order valence-electron chi connectivity index (χ4n) is 7.96. The van der Waals surface area contributed by atoms with E-state index in [1.165, 1.54) is 19.1 Å². The lowest BCUT2D eigenvalue weighted by atomic mass is 10.0. The molecule has 4 N–H and O–H groups in total. The van der Waals surface area contributed by atoms with E-state index in [4.69, 9.17) is 9.47 Å². The number of ether oxygens (including phenoxy) is 2. The van der Waals surface area contributed by atoms with Crippen LogP contribution in [0.25, 0.3) is 22.5 Å². The summed E-state index contributed by atoms with van der Waals surface area (Å²) in [5.41, 5.74) is 5.87. The number of para-hydroxylation sites is 1. The molecule has 16 heteroatoms. The van der Waals surface area contributed by atoms with Crippen molar-refractivity contribution >= 4 is 41.4 Å². The summed E-state index contributed by atoms with van der Waals surface area (Å²) < 4.78 is 9.45. The van der Waals surface area contributed by atoms with Crippen LogP contribution in [-0.2, 0) is 36.7 Å². The molecule has 7 rings (SSSR count). The smallest absolute Gasteiger partial charge is 0.407 e. The van der Waals surface area contributed by atoms with Crippen LogP contribution in [0.1, 0.15) is 66.5 Å². The Morgan fingerprint density at radius 1 is 0.897 bits per heavy atom. The molecule has 0 spiro atoms. The Balaban J connectivity index is 0.965. The minimum atomic E-state index is -0.873. The Bertz CT molecular complexity index is 2220. The number of rotatable bonds is 11. The van der Waals surface area contributed by atoms with E-state index in [-0.39, 0.29) is 30.2 Å². The van der Waals surface area contributed by atoms with Gasteiger partial charge in [-0.3, -0.25) is 29.1 Å². The van der Waals surface area contributed by atoms with Gasteiger partial charge in [0.15, 0.2) is 5.78 Å². The number of likely N-dealkylation sites (tertiary alicyclic amines) is 1. The lowest BCUT2D eigenvalue weighted by Gasteiger charge is -2.30. The number of aromatic amines is 1. The molecule has 0 radical (unpaired) electrons. The normalized spacial score (nSPS) is 18.9. The van der Waals surface area contributed by atoms with Gasteiger partial charge < -0.3 is 35.3 Å². The number of methoxy groups -OCH3 is 2. The molecule has 3 aliphatic heterocycles. The van der Waals surface area contributed by atoms with Crippen molar-refractivity contribution in [2.24, 2.45) is 5.92 Å². The molecule has 2 aromatic carbocycles. The van der Waals surface area contributed by atoms with E-state index in [0.717, 1.165) is 40.8 Å². The highest BCUT2D eigenvalue weighted by molar-refractivity contribution is 6.08. The Labute approximate surface area is 335 Å². The molecular formula is C42H46N8O8. The SMILES string of the molecule is COC(=O)N[C@H]1CCc2cccc3c2N(C1=O)[C@H](C(=O)NCC(=O)c1ccc(-c2ccc(-c4cnc([C@@H]5CCCN5C(=O)[C@@H](NC(=O)OC)C(C)C)[nH]4)cn2)cc1)C3. The van der Waals surface area contributed by atoms with Gasteiger partial charge in [-0.15, -0.1) is 0 Å². The maximum Gasteiger partial charge on any atom is 0.407 e. The van der Waals surface area contributed by atoms with Gasteiger partial charge in [-0.2, -0.15) is 0 Å². The first-order chi connectivity index (χ1) is 28.0. The summed E-state index contributed by atoms with van der Waals surface area (Å²) in [7, 11) is 2.49. The van der Waals surface area contributed by atoms with Crippen molar-refractivity contribution in [3.05, 3.63) is 89.5 Å². The number of aryl methyl sites for hydroxylation is 1. The van der Waals surface area contributed by atoms with Gasteiger partial charge in [-0.1, -0.05) is 56.3 Å². The standard InChI is InChI=1S/C42H46N8O8/c1-23(2)35(48-42(56)58-4)40(54)49-18-6-9-32(49)37-44-21-31(46-37)28-15-16-29(43-20-28)24-10-12-25(13-11-24)34(51)22-45-38(52)33-19-27-8-5-7-26-14-17-30(47-41(55)57-3)39(53)50(33)36(26)27/h5,7-8,10-13,15-16,20-21,23,30,32-33,35H,6,9,14,17-19,22H2,1-4H3,(H,44,46)(H,45,52)(H,47,55)(H,48,56)/t30-,32-,33-,35-/m0/s1. The molecular weight excluding hydrogens is 745 g/mol. The van der Waals surface area contributed by atoms with Crippen LogP contribution in [0.3, 0.4) is 0 Å². The number of aromatic nitrogens is 3. The highest BCUT2D eigenvalue weighted by Gasteiger charge is 2.44. The number of ketones is 1. The molecule has 5 amide bonds. The first-order valence-corrected chi connectivity index (χ1v) is 19.3. The van der Waals surface area contributed by atoms with E-state index in [0.29, 0.717) is 48.6 Å². The van der Waals surface area contributed by atoms with E-state index in [1.807, 2.05) is 44.2 Å². The molecule has 0 aliphatic carbocycles. The number of alkyl carbamates (subject to hydrolysis) is 2. The van der Waals surface area contributed by atoms with Crippen molar-refractivity contribution in [1.29, 1.82) is 0 Å². The monoisotopic (exact) mass is 790 g/mol. The van der Waals surface area contributed by atoms with Crippen molar-refractivity contribution in [2.45, 2.75) is 70.1 Å². The van der Waals surface area contributed by atoms with Crippen molar-refractivity contribution in [3.8, 4) is 22.5 Å². The third kappa shape index (κ3) is 7.99. The van der Waals surface area contributed by atoms with Crippen molar-refractivity contribution in [3.63, 3.8) is 0 Å². The van der Waals surface area contributed by atoms with E-state index in [9.17, 15) is 28.8 Å². The van der Waals surface area contributed by atoms with Gasteiger partial charge in [0.25, 0.3) is 0 Å². The quantitative estimate of drug-likeness (QED) is 0.160. The van der Waals surface area contributed by atoms with Crippen molar-refractivity contribution in [1.82, 2.24) is 35.8 Å². The minimum absolute atomic E-state index is 0.137. The summed E-state index contributed by atoms with van der Waals surface area (Å²) in [6.45, 7) is 4.03. The van der Waals surface area contributed by atoms with Crippen LogP contribution in [0.4, 0.5) is 15.3 Å². The number of imidazole rings is 1. The van der Waals surface area contributed by atoms with Gasteiger partial charge in [0.1, 0.15) is 23.9 Å². The Hall–Kier alpha value is -6.58. The van der Waals surface area contributed by atoms with E-state index >= 15 is 0 Å². The highest BCUT2D eigenvalue weighted by Crippen LogP contribution is 2.39. The van der Waals surface area contributed by atoms with Crippen LogP contribution in [0.2, 0.25) is 0 Å². The number of nitrogens with one attached hydrogen (secondary N) is 4. The lowest BCUT2D eigenvalue weighted by Crippen LogP contribution is -2.54. The zero-order valence-electron chi connectivity index (χ0n) is 32.7. The van der Waals surface area contributed by atoms with Crippen LogP contribution < -0.4 is 20.9 Å². The fourth-order valence-corrected chi connectivity index (χ4v) is 7.96. The summed E-state index contributed by atoms with van der Waals surface area (Å²) >= 11 is 0. The molecule has 4 aromatic rings. The lowest BCUT2D eigenvalue weighted by molar-refractivity contribution is -0.135. The highest BCUT2D eigenvalue weighted by atomic mass is 16.5. The number of H-pyrrole nitrogens is 1. The van der Waals surface area contributed by atoms with Gasteiger partial charge in [0.05, 0.1) is 50.1 Å². The number of hydrogen-bond donors (Lipinski definition) is 4. The van der Waals surface area contributed by atoms with E-state index in [2.05, 4.69) is 30.9 Å². The number of benzene rings is 2.